The number of carbonyl (C=O) groups is 1. The van der Waals surface area contributed by atoms with Crippen molar-refractivity contribution in [2.45, 2.75) is 32.3 Å². The molecule has 176 valence electrons. The normalized spacial score (nSPS) is 12.7. The highest BCUT2D eigenvalue weighted by molar-refractivity contribution is 14.1. The van der Waals surface area contributed by atoms with E-state index in [-0.39, 0.29) is 5.57 Å². The second kappa shape index (κ2) is 11.4. The predicted molar refractivity (Wildman–Crippen MR) is 144 cm³/mol. The smallest absolute Gasteiger partial charge is 0.266 e. The number of halogens is 1. The molecule has 0 saturated carbocycles. The van der Waals surface area contributed by atoms with Gasteiger partial charge in [0.2, 0.25) is 0 Å². The van der Waals surface area contributed by atoms with Crippen molar-refractivity contribution >= 4 is 50.9 Å². The Labute approximate surface area is 221 Å². The Balaban J connectivity index is 1.56. The Morgan fingerprint density at radius 3 is 2.69 bits per heavy atom. The number of anilines is 1. The number of nitrogens with one attached hydrogen (secondary N) is 1. The molecule has 0 spiro atoms. The lowest BCUT2D eigenvalue weighted by molar-refractivity contribution is -0.112. The van der Waals surface area contributed by atoms with Gasteiger partial charge in [0, 0.05) is 4.88 Å². The third kappa shape index (κ3) is 5.67. The minimum absolute atomic E-state index is 0.0592. The lowest BCUT2D eigenvalue weighted by atomic mass is 9.96. The Morgan fingerprint density at radius 1 is 1.20 bits per heavy atom. The number of hydrogen-bond acceptors (Lipinski definition) is 6. The molecule has 3 aromatic rings. The van der Waals surface area contributed by atoms with E-state index in [1.54, 1.807) is 13.2 Å². The Hall–Kier alpha value is -3.34. The highest BCUT2D eigenvalue weighted by atomic mass is 127. The molecule has 8 heteroatoms. The van der Waals surface area contributed by atoms with E-state index in [4.69, 9.17) is 9.47 Å². The molecule has 0 atom stereocenters. The van der Waals surface area contributed by atoms with Crippen LogP contribution in [0.5, 0.6) is 11.5 Å². The number of hydrogen-bond donors (Lipinski definition) is 1. The van der Waals surface area contributed by atoms with Crippen LogP contribution in [0.2, 0.25) is 0 Å². The molecule has 35 heavy (non-hydrogen) atoms. The predicted octanol–water partition coefficient (Wildman–Crippen LogP) is 6.24. The summed E-state index contributed by atoms with van der Waals surface area (Å²) in [6, 6.07) is 17.6. The van der Waals surface area contributed by atoms with Gasteiger partial charge in [-0.3, -0.25) is 4.79 Å². The largest absolute Gasteiger partial charge is 0.493 e. The van der Waals surface area contributed by atoms with E-state index in [9.17, 15) is 15.3 Å². The first-order chi connectivity index (χ1) is 17.0. The average molecular weight is 595 g/mol. The molecule has 1 aliphatic carbocycles. The maximum absolute atomic E-state index is 12.9. The molecule has 0 bridgehead atoms. The number of nitriles is 2. The third-order valence-electron chi connectivity index (χ3n) is 5.66. The highest BCUT2D eigenvalue weighted by Gasteiger charge is 2.23. The summed E-state index contributed by atoms with van der Waals surface area (Å²) in [7, 11) is 1.55. The van der Waals surface area contributed by atoms with Crippen molar-refractivity contribution in [1.82, 2.24) is 0 Å². The van der Waals surface area contributed by atoms with Gasteiger partial charge in [0.05, 0.1) is 16.2 Å². The average Bonchev–Trinajstić information content (AvgIpc) is 3.23. The molecule has 1 amide bonds. The van der Waals surface area contributed by atoms with Crippen LogP contribution in [0, 0.1) is 26.2 Å². The summed E-state index contributed by atoms with van der Waals surface area (Å²) in [5, 5.41) is 22.6. The van der Waals surface area contributed by atoms with Crippen LogP contribution in [0.25, 0.3) is 6.08 Å². The number of fused-ring (bicyclic) bond motifs is 1. The molecular weight excluding hydrogens is 573 g/mol. The van der Waals surface area contributed by atoms with Gasteiger partial charge in [-0.05, 0) is 83.2 Å². The van der Waals surface area contributed by atoms with Crippen molar-refractivity contribution in [2.24, 2.45) is 0 Å². The number of rotatable bonds is 7. The summed E-state index contributed by atoms with van der Waals surface area (Å²) >= 11 is 3.58. The molecule has 0 unspecified atom stereocenters. The van der Waals surface area contributed by atoms with Gasteiger partial charge in [0.1, 0.15) is 29.3 Å². The minimum atomic E-state index is -0.541. The monoisotopic (exact) mass is 595 g/mol. The Bertz CT molecular complexity index is 1370. The zero-order chi connectivity index (χ0) is 24.8. The number of methoxy groups -OCH3 is 1. The van der Waals surface area contributed by atoms with Crippen molar-refractivity contribution in [3.8, 4) is 23.6 Å². The maximum Gasteiger partial charge on any atom is 0.266 e. The first kappa shape index (κ1) is 24.8. The molecular formula is C27H22IN3O3S. The number of benzene rings is 2. The first-order valence-corrected chi connectivity index (χ1v) is 13.0. The molecule has 0 aliphatic heterocycles. The standard InChI is InChI=1S/C27H22IN3O3S/c1-33-23-13-18(12-22(28)25(23)34-16-17-7-3-2-4-8-17)11-19(14-29)26(32)31-27-21(15-30)20-9-5-6-10-24(20)35-27/h2-4,7-8,11-13H,5-6,9-10,16H2,1H3,(H,31,32). The lowest BCUT2D eigenvalue weighted by Gasteiger charge is -2.14. The van der Waals surface area contributed by atoms with Gasteiger partial charge in [-0.15, -0.1) is 11.3 Å². The van der Waals surface area contributed by atoms with E-state index in [0.717, 1.165) is 45.3 Å². The molecule has 4 rings (SSSR count). The molecule has 1 aromatic heterocycles. The number of nitrogens with zero attached hydrogens (tertiary/aromatic N) is 2. The van der Waals surface area contributed by atoms with Gasteiger partial charge in [0.15, 0.2) is 11.5 Å². The van der Waals surface area contributed by atoms with Gasteiger partial charge in [0.25, 0.3) is 5.91 Å². The Kier molecular flexibility index (Phi) is 8.06. The fraction of sp³-hybridized carbons (Fsp3) is 0.222. The number of thiophene rings is 1. The van der Waals surface area contributed by atoms with Crippen molar-refractivity contribution in [3.05, 3.63) is 78.7 Å². The van der Waals surface area contributed by atoms with E-state index in [2.05, 4.69) is 34.0 Å². The minimum Gasteiger partial charge on any atom is -0.493 e. The second-order valence-electron chi connectivity index (χ2n) is 7.96. The van der Waals surface area contributed by atoms with Crippen molar-refractivity contribution in [3.63, 3.8) is 0 Å². The number of carbonyl (C=O) groups excluding carboxylic acids is 1. The highest BCUT2D eigenvalue weighted by Crippen LogP contribution is 2.38. The van der Waals surface area contributed by atoms with Crippen LogP contribution < -0.4 is 14.8 Å². The molecule has 0 radical (unpaired) electrons. The van der Waals surface area contributed by atoms with Crippen molar-refractivity contribution in [2.75, 3.05) is 12.4 Å². The molecule has 0 fully saturated rings. The van der Waals surface area contributed by atoms with E-state index in [1.165, 1.54) is 17.4 Å². The second-order valence-corrected chi connectivity index (χ2v) is 10.2. The molecule has 0 saturated heterocycles. The molecule has 1 aliphatic rings. The Morgan fingerprint density at radius 2 is 1.97 bits per heavy atom. The lowest BCUT2D eigenvalue weighted by Crippen LogP contribution is -2.13. The zero-order valence-corrected chi connectivity index (χ0v) is 22.0. The molecule has 2 aromatic carbocycles. The van der Waals surface area contributed by atoms with Gasteiger partial charge in [-0.25, -0.2) is 0 Å². The van der Waals surface area contributed by atoms with Gasteiger partial charge >= 0.3 is 0 Å². The number of ether oxygens (including phenoxy) is 2. The molecule has 1 N–H and O–H groups in total. The van der Waals surface area contributed by atoms with Crippen LogP contribution in [0.3, 0.4) is 0 Å². The van der Waals surface area contributed by atoms with Crippen LogP contribution in [-0.4, -0.2) is 13.0 Å². The first-order valence-electron chi connectivity index (χ1n) is 11.1. The number of aryl methyl sites for hydroxylation is 1. The topological polar surface area (TPSA) is 95.1 Å². The van der Waals surface area contributed by atoms with E-state index < -0.39 is 5.91 Å². The summed E-state index contributed by atoms with van der Waals surface area (Å²) in [5.74, 6) is 0.565. The van der Waals surface area contributed by atoms with Crippen LogP contribution in [0.4, 0.5) is 5.00 Å². The van der Waals surface area contributed by atoms with Crippen LogP contribution >= 0.6 is 33.9 Å². The summed E-state index contributed by atoms with van der Waals surface area (Å²) in [5.41, 5.74) is 3.16. The van der Waals surface area contributed by atoms with Gasteiger partial charge < -0.3 is 14.8 Å². The van der Waals surface area contributed by atoms with E-state index in [1.807, 2.05) is 42.5 Å². The summed E-state index contributed by atoms with van der Waals surface area (Å²) in [6.07, 6.45) is 5.41. The van der Waals surface area contributed by atoms with E-state index in [0.29, 0.717) is 34.2 Å². The SMILES string of the molecule is COc1cc(C=C(C#N)C(=O)Nc2sc3c(c2C#N)CCCC3)cc(I)c1OCc1ccccc1. The molecule has 1 heterocycles. The summed E-state index contributed by atoms with van der Waals surface area (Å²) in [4.78, 5) is 14.1. The summed E-state index contributed by atoms with van der Waals surface area (Å²) in [6.45, 7) is 0.389. The van der Waals surface area contributed by atoms with Crippen LogP contribution in [-0.2, 0) is 24.2 Å². The van der Waals surface area contributed by atoms with E-state index >= 15 is 0 Å². The van der Waals surface area contributed by atoms with Gasteiger partial charge in [-0.2, -0.15) is 10.5 Å². The zero-order valence-electron chi connectivity index (χ0n) is 19.1. The van der Waals surface area contributed by atoms with Crippen LogP contribution in [0.15, 0.2) is 48.0 Å². The summed E-state index contributed by atoms with van der Waals surface area (Å²) < 4.78 is 12.3. The quantitative estimate of drug-likeness (QED) is 0.198. The molecule has 6 nitrogen and oxygen atoms in total. The van der Waals surface area contributed by atoms with Gasteiger partial charge in [-0.1, -0.05) is 30.3 Å². The van der Waals surface area contributed by atoms with Crippen molar-refractivity contribution in [1.29, 1.82) is 10.5 Å². The van der Waals surface area contributed by atoms with Crippen LogP contribution in [0.1, 0.15) is 40.0 Å². The van der Waals surface area contributed by atoms with Crippen molar-refractivity contribution < 1.29 is 14.3 Å². The maximum atomic E-state index is 12.9. The third-order valence-corrected chi connectivity index (χ3v) is 7.67. The number of amides is 1. The fourth-order valence-corrected chi connectivity index (χ4v) is 5.97. The fourth-order valence-electron chi connectivity index (χ4n) is 3.95.